The summed E-state index contributed by atoms with van der Waals surface area (Å²) in [4.78, 5) is 63.2. The summed E-state index contributed by atoms with van der Waals surface area (Å²) in [5, 5.41) is 25.5. The van der Waals surface area contributed by atoms with E-state index in [2.05, 4.69) is 31.3 Å². The van der Waals surface area contributed by atoms with Crippen molar-refractivity contribution in [1.82, 2.24) is 36.0 Å². The first kappa shape index (κ1) is 47.6. The van der Waals surface area contributed by atoms with Gasteiger partial charge in [0.1, 0.15) is 36.6 Å². The number of hydrogen-bond acceptors (Lipinski definition) is 11. The van der Waals surface area contributed by atoms with Crippen molar-refractivity contribution in [2.75, 3.05) is 65.9 Å². The van der Waals surface area contributed by atoms with Gasteiger partial charge in [0.2, 0.25) is 11.8 Å². The number of carboxylic acid groups (broad SMARTS) is 1. The van der Waals surface area contributed by atoms with E-state index >= 15 is 0 Å². The maximum atomic E-state index is 13.6. The Morgan fingerprint density at radius 1 is 0.746 bits per heavy atom. The summed E-state index contributed by atoms with van der Waals surface area (Å²) < 4.78 is 43.1. The number of carboxylic acids is 1. The predicted molar refractivity (Wildman–Crippen MR) is 243 cm³/mol. The number of aromatic nitrogens is 3. The molecule has 0 spiro atoms. The molecule has 1 aliphatic rings. The topological polar surface area (TPSA) is 233 Å². The number of benzene rings is 4. The largest absolute Gasteiger partial charge is 0.492 e. The van der Waals surface area contributed by atoms with Gasteiger partial charge in [-0.05, 0) is 78.4 Å². The lowest BCUT2D eigenvalue weighted by atomic mass is 10.0. The lowest BCUT2D eigenvalue weighted by Gasteiger charge is -2.10. The molecule has 0 aliphatic carbocycles. The second-order valence-electron chi connectivity index (χ2n) is 14.9. The Bertz CT molecular complexity index is 2680. The van der Waals surface area contributed by atoms with Crippen LogP contribution in [-0.4, -0.2) is 116 Å². The molecule has 1 unspecified atom stereocenters. The number of fused-ring (bicyclic) bond motifs is 1. The number of urea groups is 1. The first-order chi connectivity index (χ1) is 32.5. The van der Waals surface area contributed by atoms with Gasteiger partial charge >= 0.3 is 12.0 Å². The molecular weight excluding hydrogens is 893 g/mol. The van der Waals surface area contributed by atoms with E-state index in [0.29, 0.717) is 88.5 Å². The molecule has 0 saturated carbocycles. The number of nitrogens with zero attached hydrogens (tertiary/aromatic N) is 2. The molecule has 0 radical (unpaired) electrons. The monoisotopic (exact) mass is 939 g/mol. The number of ether oxygens (including phenoxy) is 5. The number of rotatable bonds is 25. The van der Waals surface area contributed by atoms with E-state index in [1.807, 2.05) is 12.1 Å². The minimum absolute atomic E-state index is 0.166. The minimum Gasteiger partial charge on any atom is -0.492 e. The van der Waals surface area contributed by atoms with Crippen molar-refractivity contribution in [2.24, 2.45) is 0 Å². The van der Waals surface area contributed by atoms with Gasteiger partial charge in [-0.3, -0.25) is 19.7 Å². The van der Waals surface area contributed by atoms with Gasteiger partial charge in [0, 0.05) is 52.8 Å². The summed E-state index contributed by atoms with van der Waals surface area (Å²) in [6, 6.07) is 21.8. The minimum atomic E-state index is -1.03. The summed E-state index contributed by atoms with van der Waals surface area (Å²) in [5.74, 6) is -1.17. The van der Waals surface area contributed by atoms with Crippen molar-refractivity contribution < 1.29 is 57.2 Å². The Morgan fingerprint density at radius 3 is 1.88 bits per heavy atom. The third-order valence-corrected chi connectivity index (χ3v) is 10.6. The van der Waals surface area contributed by atoms with Gasteiger partial charge in [-0.2, -0.15) is 5.10 Å². The van der Waals surface area contributed by atoms with Crippen LogP contribution in [0.5, 0.6) is 11.5 Å². The lowest BCUT2D eigenvalue weighted by molar-refractivity contribution is -0.123. The molecule has 6 N–H and O–H groups in total. The molecule has 1 saturated heterocycles. The molecule has 0 bridgehead atoms. The number of carbonyl (C=O) groups excluding carboxylic acids is 4. The highest BCUT2D eigenvalue weighted by Crippen LogP contribution is 2.35. The Morgan fingerprint density at radius 2 is 1.31 bits per heavy atom. The standard InChI is InChI=1S/C47H47ClFN7O11/c48-39-26-40-36(37(27-52-40)46(60)61)25-35(39)29-3-9-33(10-4-29)66-19-15-50-41(57)13-17-63-21-23-65-24-22-64-18-14-42(58)51-16-20-67-34-11-7-32(8-12-34)56-28-38(44-45(59)54-47(62)53-44)43(55-56)30-1-5-31(49)6-2-30/h1-12,25-28,44,52H,13-24H2,(H,50,57)(H,51,58)(H,60,61)(H2,53,54,59,62). The molecule has 6 aromatic rings. The lowest BCUT2D eigenvalue weighted by Crippen LogP contribution is -2.29. The maximum absolute atomic E-state index is 13.6. The molecule has 350 valence electrons. The third kappa shape index (κ3) is 13.2. The zero-order valence-corrected chi connectivity index (χ0v) is 36.7. The molecular formula is C47H47ClFN7O11. The highest BCUT2D eigenvalue weighted by molar-refractivity contribution is 6.34. The Balaban J connectivity index is 0.682. The van der Waals surface area contributed by atoms with Crippen molar-refractivity contribution in [2.45, 2.75) is 18.9 Å². The van der Waals surface area contributed by atoms with E-state index in [1.165, 1.54) is 18.3 Å². The van der Waals surface area contributed by atoms with Crippen molar-refractivity contribution in [3.63, 3.8) is 0 Å². The van der Waals surface area contributed by atoms with Crippen LogP contribution in [0.4, 0.5) is 9.18 Å². The summed E-state index contributed by atoms with van der Waals surface area (Å²) >= 11 is 6.47. The van der Waals surface area contributed by atoms with E-state index in [4.69, 9.17) is 35.3 Å². The normalized spacial score (nSPS) is 13.3. The smallest absolute Gasteiger partial charge is 0.337 e. The van der Waals surface area contributed by atoms with Crippen molar-refractivity contribution in [3.8, 4) is 39.6 Å². The van der Waals surface area contributed by atoms with E-state index in [0.717, 1.165) is 5.56 Å². The summed E-state index contributed by atoms with van der Waals surface area (Å²) in [5.41, 5.74) is 4.38. The fourth-order valence-electron chi connectivity index (χ4n) is 6.93. The quantitative estimate of drug-likeness (QED) is 0.0305. The second kappa shape index (κ2) is 23.2. The van der Waals surface area contributed by atoms with Crippen LogP contribution in [0.25, 0.3) is 39.0 Å². The fraction of sp³-hybridized carbons (Fsp3) is 0.277. The van der Waals surface area contributed by atoms with Crippen LogP contribution in [0.15, 0.2) is 97.3 Å². The van der Waals surface area contributed by atoms with Gasteiger partial charge in [0.15, 0.2) is 0 Å². The highest BCUT2D eigenvalue weighted by Gasteiger charge is 2.34. The molecule has 3 heterocycles. The van der Waals surface area contributed by atoms with Gasteiger partial charge in [-0.1, -0.05) is 23.7 Å². The molecule has 1 atom stereocenters. The first-order valence-electron chi connectivity index (χ1n) is 21.3. The number of aromatic carboxylic acids is 1. The van der Waals surface area contributed by atoms with E-state index in [-0.39, 0.29) is 63.2 Å². The zero-order valence-electron chi connectivity index (χ0n) is 36.0. The fourth-order valence-corrected chi connectivity index (χ4v) is 7.21. The SMILES string of the molecule is O=C(CCOCCOCCOCCC(=O)NCCOc1ccc(-n2cc(C3NC(=O)NC3=O)c(-c3ccc(F)cc3)n2)cc1)NCCOc1ccc(-c2cc3c(C(=O)O)c[nH]c3cc2Cl)cc1. The average Bonchev–Trinajstić information content (AvgIpc) is 4.05. The van der Waals surface area contributed by atoms with Crippen LogP contribution in [0.3, 0.4) is 0 Å². The highest BCUT2D eigenvalue weighted by atomic mass is 35.5. The number of amides is 5. The van der Waals surface area contributed by atoms with Crippen LogP contribution in [-0.2, 0) is 28.6 Å². The van der Waals surface area contributed by atoms with Crippen LogP contribution >= 0.6 is 11.6 Å². The van der Waals surface area contributed by atoms with Crippen LogP contribution < -0.4 is 30.7 Å². The molecule has 20 heteroatoms. The van der Waals surface area contributed by atoms with Crippen molar-refractivity contribution in [3.05, 3.63) is 119 Å². The number of hydrogen-bond donors (Lipinski definition) is 6. The second-order valence-corrected chi connectivity index (χ2v) is 15.3. The molecule has 5 amide bonds. The number of carbonyl (C=O) groups is 5. The van der Waals surface area contributed by atoms with Crippen LogP contribution in [0.1, 0.15) is 34.8 Å². The third-order valence-electron chi connectivity index (χ3n) is 10.3. The predicted octanol–water partition coefficient (Wildman–Crippen LogP) is 5.58. The Labute approximate surface area is 388 Å². The van der Waals surface area contributed by atoms with E-state index in [9.17, 15) is 33.5 Å². The zero-order chi connectivity index (χ0) is 47.1. The number of aromatic amines is 1. The number of imide groups is 1. The van der Waals surface area contributed by atoms with Gasteiger partial charge in [-0.15, -0.1) is 0 Å². The summed E-state index contributed by atoms with van der Waals surface area (Å²) in [7, 11) is 0. The average molecular weight is 940 g/mol. The molecule has 1 fully saturated rings. The first-order valence-corrected chi connectivity index (χ1v) is 21.6. The molecule has 1 aliphatic heterocycles. The van der Waals surface area contributed by atoms with E-state index < -0.39 is 29.8 Å². The van der Waals surface area contributed by atoms with Crippen molar-refractivity contribution in [1.29, 1.82) is 0 Å². The number of halogens is 2. The molecule has 2 aromatic heterocycles. The van der Waals surface area contributed by atoms with Gasteiger partial charge in [0.25, 0.3) is 5.91 Å². The van der Waals surface area contributed by atoms with Crippen molar-refractivity contribution >= 4 is 52.2 Å². The number of nitrogens with one attached hydrogen (secondary N) is 5. The molecule has 7 rings (SSSR count). The number of H-pyrrole nitrogens is 1. The molecule has 4 aromatic carbocycles. The molecule has 18 nitrogen and oxygen atoms in total. The van der Waals surface area contributed by atoms with Crippen LogP contribution in [0.2, 0.25) is 5.02 Å². The maximum Gasteiger partial charge on any atom is 0.337 e. The summed E-state index contributed by atoms with van der Waals surface area (Å²) in [6.07, 6.45) is 3.42. The Hall–Kier alpha value is -7.32. The van der Waals surface area contributed by atoms with Crippen LogP contribution in [0, 0.1) is 5.82 Å². The summed E-state index contributed by atoms with van der Waals surface area (Å²) in [6.45, 7) is 2.76. The van der Waals surface area contributed by atoms with E-state index in [1.54, 1.807) is 71.5 Å². The van der Waals surface area contributed by atoms with Gasteiger partial charge in [0.05, 0.1) is 74.7 Å². The van der Waals surface area contributed by atoms with Gasteiger partial charge in [-0.25, -0.2) is 18.7 Å². The van der Waals surface area contributed by atoms with Gasteiger partial charge < -0.3 is 49.7 Å². The molecule has 67 heavy (non-hydrogen) atoms. The Kier molecular flexibility index (Phi) is 16.5.